The van der Waals surface area contributed by atoms with Crippen LogP contribution in [0.25, 0.3) is 0 Å². The molecule has 0 bridgehead atoms. The molecule has 0 fully saturated rings. The lowest BCUT2D eigenvalue weighted by molar-refractivity contribution is 0.0529. The number of nitrogens with zero attached hydrogens (tertiary/aromatic N) is 1. The van der Waals surface area contributed by atoms with Crippen molar-refractivity contribution in [3.63, 3.8) is 0 Å². The average Bonchev–Trinajstić information content (AvgIpc) is 2.55. The van der Waals surface area contributed by atoms with E-state index in [1.807, 2.05) is 0 Å². The maximum atomic E-state index is 11.5. The number of alkyl carbamates (subject to hydrolysis) is 1. The number of carbonyl (C=O) groups is 1. The highest BCUT2D eigenvalue weighted by atomic mass is 127. The lowest BCUT2D eigenvalue weighted by Gasteiger charge is -2.19. The Morgan fingerprint density at radius 3 is 2.11 bits per heavy atom. The Balaban J connectivity index is 0.00000729. The Hall–Kier alpha value is -1.60. The second-order valence-corrected chi connectivity index (χ2v) is 8.35. The first-order valence-electron chi connectivity index (χ1n) is 8.54. The number of primary sulfonamides is 1. The lowest BCUT2D eigenvalue weighted by atomic mass is 10.1. The summed E-state index contributed by atoms with van der Waals surface area (Å²) in [5, 5.41) is 13.9. The number of rotatable bonds is 7. The molecule has 0 aliphatic heterocycles. The molecule has 5 N–H and O–H groups in total. The van der Waals surface area contributed by atoms with Crippen LogP contribution in [0.1, 0.15) is 26.3 Å². The number of hydrogen-bond acceptors (Lipinski definition) is 5. The van der Waals surface area contributed by atoms with Crippen molar-refractivity contribution in [3.8, 4) is 0 Å². The summed E-state index contributed by atoms with van der Waals surface area (Å²) in [6.45, 7) is 6.90. The number of sulfonamides is 1. The predicted molar refractivity (Wildman–Crippen MR) is 121 cm³/mol. The molecule has 1 rings (SSSR count). The third-order valence-corrected chi connectivity index (χ3v) is 4.20. The SMILES string of the molecule is CN=C(NCCNC(=O)OC(C)(C)C)NCCc1ccc(S(N)(=O)=O)cc1.I. The van der Waals surface area contributed by atoms with Gasteiger partial charge in [-0.25, -0.2) is 18.4 Å². The number of ether oxygens (including phenoxy) is 1. The van der Waals surface area contributed by atoms with E-state index in [1.54, 1.807) is 40.0 Å². The standard InChI is InChI=1S/C17H29N5O4S.HI/c1-17(2,3)26-16(23)22-12-11-21-15(19-4)20-10-9-13-5-7-14(8-6-13)27(18,24)25;/h5-8H,9-12H2,1-4H3,(H,22,23)(H2,18,24,25)(H2,19,20,21);1H. The Morgan fingerprint density at radius 2 is 1.61 bits per heavy atom. The van der Waals surface area contributed by atoms with Crippen molar-refractivity contribution in [2.24, 2.45) is 10.1 Å². The smallest absolute Gasteiger partial charge is 0.407 e. The third kappa shape index (κ3) is 11.3. The summed E-state index contributed by atoms with van der Waals surface area (Å²) in [6, 6.07) is 6.42. The molecule has 1 aromatic carbocycles. The Labute approximate surface area is 184 Å². The van der Waals surface area contributed by atoms with Gasteiger partial charge in [-0.3, -0.25) is 4.99 Å². The van der Waals surface area contributed by atoms with Crippen LogP contribution in [0.2, 0.25) is 0 Å². The minimum Gasteiger partial charge on any atom is -0.444 e. The number of aliphatic imine (C=N–C) groups is 1. The van der Waals surface area contributed by atoms with Gasteiger partial charge in [0.25, 0.3) is 0 Å². The highest BCUT2D eigenvalue weighted by Gasteiger charge is 2.15. The van der Waals surface area contributed by atoms with Crippen molar-refractivity contribution in [1.29, 1.82) is 0 Å². The quantitative estimate of drug-likeness (QED) is 0.182. The van der Waals surface area contributed by atoms with Gasteiger partial charge in [0.15, 0.2) is 5.96 Å². The second-order valence-electron chi connectivity index (χ2n) is 6.79. The number of benzene rings is 1. The first kappa shape index (κ1) is 26.4. The fourth-order valence-electron chi connectivity index (χ4n) is 2.05. The molecule has 1 amide bonds. The summed E-state index contributed by atoms with van der Waals surface area (Å²) in [7, 11) is -2.02. The van der Waals surface area contributed by atoms with Crippen LogP contribution in [-0.4, -0.2) is 52.8 Å². The van der Waals surface area contributed by atoms with Gasteiger partial charge in [-0.1, -0.05) is 12.1 Å². The maximum absolute atomic E-state index is 11.5. The van der Waals surface area contributed by atoms with Crippen molar-refractivity contribution in [2.75, 3.05) is 26.7 Å². The van der Waals surface area contributed by atoms with Crippen LogP contribution in [0.15, 0.2) is 34.2 Å². The molecule has 1 aromatic rings. The van der Waals surface area contributed by atoms with Gasteiger partial charge in [0, 0.05) is 26.7 Å². The number of amides is 1. The largest absolute Gasteiger partial charge is 0.444 e. The van der Waals surface area contributed by atoms with Gasteiger partial charge in [-0.05, 0) is 44.9 Å². The molecule has 0 aliphatic rings. The third-order valence-electron chi connectivity index (χ3n) is 3.27. The van der Waals surface area contributed by atoms with E-state index in [1.165, 1.54) is 12.1 Å². The van der Waals surface area contributed by atoms with Crippen LogP contribution in [0.4, 0.5) is 4.79 Å². The molecule has 0 unspecified atom stereocenters. The summed E-state index contributed by atoms with van der Waals surface area (Å²) >= 11 is 0. The first-order chi connectivity index (χ1) is 12.5. The molecule has 0 aliphatic carbocycles. The molecule has 160 valence electrons. The molecule has 0 radical (unpaired) electrons. The minimum absolute atomic E-state index is 0. The van der Waals surface area contributed by atoms with Gasteiger partial charge in [0.1, 0.15) is 5.60 Å². The molecule has 0 aromatic heterocycles. The van der Waals surface area contributed by atoms with Crippen LogP contribution < -0.4 is 21.1 Å². The fraction of sp³-hybridized carbons (Fsp3) is 0.529. The summed E-state index contributed by atoms with van der Waals surface area (Å²) in [5.74, 6) is 0.599. The number of guanidine groups is 1. The van der Waals surface area contributed by atoms with Gasteiger partial charge >= 0.3 is 6.09 Å². The highest BCUT2D eigenvalue weighted by Crippen LogP contribution is 2.09. The average molecular weight is 527 g/mol. The van der Waals surface area contributed by atoms with Crippen molar-refractivity contribution in [3.05, 3.63) is 29.8 Å². The number of hydrogen-bond donors (Lipinski definition) is 4. The van der Waals surface area contributed by atoms with Crippen LogP contribution in [0, 0.1) is 0 Å². The predicted octanol–water partition coefficient (Wildman–Crippen LogP) is 1.18. The molecule has 0 saturated heterocycles. The molecule has 0 atom stereocenters. The zero-order valence-electron chi connectivity index (χ0n) is 16.6. The van der Waals surface area contributed by atoms with E-state index >= 15 is 0 Å². The number of nitrogens with one attached hydrogen (secondary N) is 3. The minimum atomic E-state index is -3.67. The van der Waals surface area contributed by atoms with E-state index in [9.17, 15) is 13.2 Å². The summed E-state index contributed by atoms with van der Waals surface area (Å²) in [5.41, 5.74) is 0.443. The van der Waals surface area contributed by atoms with E-state index in [4.69, 9.17) is 9.88 Å². The fourth-order valence-corrected chi connectivity index (χ4v) is 2.57. The van der Waals surface area contributed by atoms with Crippen molar-refractivity contribution in [2.45, 2.75) is 37.7 Å². The summed E-state index contributed by atoms with van der Waals surface area (Å²) < 4.78 is 27.6. The highest BCUT2D eigenvalue weighted by molar-refractivity contribution is 14.0. The van der Waals surface area contributed by atoms with E-state index in [2.05, 4.69) is 20.9 Å². The normalized spacial score (nSPS) is 12.0. The lowest BCUT2D eigenvalue weighted by Crippen LogP contribution is -2.42. The van der Waals surface area contributed by atoms with E-state index in [-0.39, 0.29) is 28.9 Å². The van der Waals surface area contributed by atoms with E-state index < -0.39 is 21.7 Å². The van der Waals surface area contributed by atoms with Gasteiger partial charge < -0.3 is 20.7 Å². The van der Waals surface area contributed by atoms with Crippen molar-refractivity contribution in [1.82, 2.24) is 16.0 Å². The van der Waals surface area contributed by atoms with E-state index in [0.717, 1.165) is 5.56 Å². The molecule has 28 heavy (non-hydrogen) atoms. The zero-order chi connectivity index (χ0) is 20.5. The number of nitrogens with two attached hydrogens (primary N) is 1. The molecule has 0 spiro atoms. The summed E-state index contributed by atoms with van der Waals surface area (Å²) in [6.07, 6.45) is 0.220. The van der Waals surface area contributed by atoms with Crippen LogP contribution >= 0.6 is 24.0 Å². The van der Waals surface area contributed by atoms with Crippen LogP contribution in [0.3, 0.4) is 0 Å². The monoisotopic (exact) mass is 527 g/mol. The Bertz CT molecular complexity index is 746. The number of carbonyl (C=O) groups excluding carboxylic acids is 1. The molecule has 11 heteroatoms. The van der Waals surface area contributed by atoms with Crippen molar-refractivity contribution >= 4 is 46.1 Å². The zero-order valence-corrected chi connectivity index (χ0v) is 19.8. The Kier molecular flexibility index (Phi) is 11.4. The first-order valence-corrected chi connectivity index (χ1v) is 10.1. The molecular formula is C17H30IN5O4S. The van der Waals surface area contributed by atoms with Crippen LogP contribution in [-0.2, 0) is 21.2 Å². The van der Waals surface area contributed by atoms with Crippen LogP contribution in [0.5, 0.6) is 0 Å². The maximum Gasteiger partial charge on any atom is 0.407 e. The van der Waals surface area contributed by atoms with Gasteiger partial charge in [0.05, 0.1) is 4.90 Å². The molecule has 9 nitrogen and oxygen atoms in total. The van der Waals surface area contributed by atoms with Gasteiger partial charge in [0.2, 0.25) is 10.0 Å². The van der Waals surface area contributed by atoms with Gasteiger partial charge in [-0.2, -0.15) is 0 Å². The Morgan fingerprint density at radius 1 is 1.07 bits per heavy atom. The van der Waals surface area contributed by atoms with Crippen molar-refractivity contribution < 1.29 is 17.9 Å². The van der Waals surface area contributed by atoms with E-state index in [0.29, 0.717) is 32.0 Å². The topological polar surface area (TPSA) is 135 Å². The number of halogens is 1. The molecule has 0 saturated carbocycles. The molecule has 0 heterocycles. The summed E-state index contributed by atoms with van der Waals surface area (Å²) in [4.78, 5) is 15.7. The second kappa shape index (κ2) is 12.1. The molecular weight excluding hydrogens is 497 g/mol. The van der Waals surface area contributed by atoms with Gasteiger partial charge in [-0.15, -0.1) is 24.0 Å².